The van der Waals surface area contributed by atoms with Crippen LogP contribution in [0.4, 0.5) is 0 Å². The van der Waals surface area contributed by atoms with Gasteiger partial charge in [0.15, 0.2) is 6.61 Å². The zero-order valence-electron chi connectivity index (χ0n) is 11.4. The first-order valence-corrected chi connectivity index (χ1v) is 7.38. The Morgan fingerprint density at radius 3 is 2.81 bits per heavy atom. The fourth-order valence-electron chi connectivity index (χ4n) is 2.26. The van der Waals surface area contributed by atoms with Gasteiger partial charge in [-0.3, -0.25) is 9.59 Å². The van der Waals surface area contributed by atoms with Gasteiger partial charge < -0.3 is 15.4 Å². The maximum atomic E-state index is 12.1. The third-order valence-corrected chi connectivity index (χ3v) is 3.95. The summed E-state index contributed by atoms with van der Waals surface area (Å²) in [5, 5.41) is 0.850. The molecule has 2 amide bonds. The SMILES string of the molecule is NC(=O)C1CCCN(C(=O)COc2ccc(Cl)cc2Cl)C1. The number of primary amides is 1. The lowest BCUT2D eigenvalue weighted by molar-refractivity contribution is -0.136. The number of ether oxygens (including phenoxy) is 1. The second-order valence-electron chi connectivity index (χ2n) is 4.94. The molecule has 21 heavy (non-hydrogen) atoms. The highest BCUT2D eigenvalue weighted by molar-refractivity contribution is 6.35. The third kappa shape index (κ3) is 4.25. The molecular formula is C14H16Cl2N2O3. The summed E-state index contributed by atoms with van der Waals surface area (Å²) in [7, 11) is 0. The van der Waals surface area contributed by atoms with Crippen molar-refractivity contribution in [3.63, 3.8) is 0 Å². The summed E-state index contributed by atoms with van der Waals surface area (Å²) in [6.45, 7) is 0.832. The van der Waals surface area contributed by atoms with Crippen LogP contribution in [0.25, 0.3) is 0 Å². The quantitative estimate of drug-likeness (QED) is 0.918. The van der Waals surface area contributed by atoms with Crippen LogP contribution in [-0.2, 0) is 9.59 Å². The van der Waals surface area contributed by atoms with Gasteiger partial charge in [0.2, 0.25) is 5.91 Å². The number of piperidine rings is 1. The summed E-state index contributed by atoms with van der Waals surface area (Å²) in [6, 6.07) is 4.80. The number of halogens is 2. The first-order chi connectivity index (χ1) is 9.97. The lowest BCUT2D eigenvalue weighted by Crippen LogP contribution is -2.45. The van der Waals surface area contributed by atoms with Gasteiger partial charge in [-0.25, -0.2) is 0 Å². The number of carbonyl (C=O) groups is 2. The summed E-state index contributed by atoms with van der Waals surface area (Å²) in [5.74, 6) is -0.430. The molecule has 1 heterocycles. The van der Waals surface area contributed by atoms with Crippen LogP contribution in [-0.4, -0.2) is 36.4 Å². The second kappa shape index (κ2) is 7.00. The van der Waals surface area contributed by atoms with Crippen LogP contribution in [0.2, 0.25) is 10.0 Å². The van der Waals surface area contributed by atoms with Gasteiger partial charge in [0, 0.05) is 18.1 Å². The van der Waals surface area contributed by atoms with E-state index in [0.29, 0.717) is 28.9 Å². The van der Waals surface area contributed by atoms with Gasteiger partial charge in [-0.05, 0) is 31.0 Å². The zero-order valence-corrected chi connectivity index (χ0v) is 12.9. The molecule has 1 atom stereocenters. The standard InChI is InChI=1S/C14H16Cl2N2O3/c15-10-3-4-12(11(16)6-10)21-8-13(19)18-5-1-2-9(7-18)14(17)20/h3-4,6,9H,1-2,5,7-8H2,(H2,17,20). The molecule has 0 spiro atoms. The van der Waals surface area contributed by atoms with Gasteiger partial charge in [0.1, 0.15) is 5.75 Å². The third-order valence-electron chi connectivity index (χ3n) is 3.42. The molecule has 1 saturated heterocycles. The van der Waals surface area contributed by atoms with Crippen LogP contribution in [0.1, 0.15) is 12.8 Å². The maximum absolute atomic E-state index is 12.1. The number of rotatable bonds is 4. The smallest absolute Gasteiger partial charge is 0.260 e. The molecule has 5 nitrogen and oxygen atoms in total. The fraction of sp³-hybridized carbons (Fsp3) is 0.429. The van der Waals surface area contributed by atoms with E-state index in [1.165, 1.54) is 0 Å². The van der Waals surface area contributed by atoms with Gasteiger partial charge >= 0.3 is 0 Å². The van der Waals surface area contributed by atoms with E-state index in [9.17, 15) is 9.59 Å². The van der Waals surface area contributed by atoms with E-state index in [1.807, 2.05) is 0 Å². The van der Waals surface area contributed by atoms with Crippen LogP contribution >= 0.6 is 23.2 Å². The molecule has 0 saturated carbocycles. The molecule has 1 aromatic rings. The molecule has 2 N–H and O–H groups in total. The van der Waals surface area contributed by atoms with Crippen LogP contribution in [0.5, 0.6) is 5.75 Å². The van der Waals surface area contributed by atoms with Crippen LogP contribution in [0.15, 0.2) is 18.2 Å². The molecule has 1 aliphatic rings. The zero-order chi connectivity index (χ0) is 15.4. The van der Waals surface area contributed by atoms with E-state index in [4.69, 9.17) is 33.7 Å². The Bertz CT molecular complexity index is 551. The number of amides is 2. The van der Waals surface area contributed by atoms with E-state index >= 15 is 0 Å². The Hall–Kier alpha value is -1.46. The Labute approximate surface area is 132 Å². The molecule has 114 valence electrons. The molecule has 1 aliphatic heterocycles. The van der Waals surface area contributed by atoms with Crippen molar-refractivity contribution < 1.29 is 14.3 Å². The van der Waals surface area contributed by atoms with Crippen molar-refractivity contribution in [3.8, 4) is 5.75 Å². The summed E-state index contributed by atoms with van der Waals surface area (Å²) in [5.41, 5.74) is 5.29. The number of nitrogens with two attached hydrogens (primary N) is 1. The van der Waals surface area contributed by atoms with Crippen LogP contribution in [0, 0.1) is 5.92 Å². The van der Waals surface area contributed by atoms with Crippen molar-refractivity contribution in [1.82, 2.24) is 4.90 Å². The van der Waals surface area contributed by atoms with Crippen LogP contribution in [0.3, 0.4) is 0 Å². The topological polar surface area (TPSA) is 72.6 Å². The largest absolute Gasteiger partial charge is 0.482 e. The molecule has 0 bridgehead atoms. The summed E-state index contributed by atoms with van der Waals surface area (Å²) in [4.78, 5) is 24.9. The summed E-state index contributed by atoms with van der Waals surface area (Å²) in [6.07, 6.45) is 1.49. The number of hydrogen-bond acceptors (Lipinski definition) is 3. The highest BCUT2D eigenvalue weighted by Crippen LogP contribution is 2.27. The van der Waals surface area contributed by atoms with E-state index in [1.54, 1.807) is 23.1 Å². The Balaban J connectivity index is 1.90. The minimum Gasteiger partial charge on any atom is -0.482 e. The van der Waals surface area contributed by atoms with Gasteiger partial charge in [0.25, 0.3) is 5.91 Å². The van der Waals surface area contributed by atoms with Crippen molar-refractivity contribution in [2.75, 3.05) is 19.7 Å². The number of hydrogen-bond donors (Lipinski definition) is 1. The van der Waals surface area contributed by atoms with E-state index in [2.05, 4.69) is 0 Å². The first-order valence-electron chi connectivity index (χ1n) is 6.62. The molecular weight excluding hydrogens is 315 g/mol. The first kappa shape index (κ1) is 15.9. The minimum atomic E-state index is -0.367. The lowest BCUT2D eigenvalue weighted by atomic mass is 9.97. The highest BCUT2D eigenvalue weighted by atomic mass is 35.5. The number of likely N-dealkylation sites (tertiary alicyclic amines) is 1. The molecule has 0 radical (unpaired) electrons. The van der Waals surface area contributed by atoms with Crippen molar-refractivity contribution in [3.05, 3.63) is 28.2 Å². The highest BCUT2D eigenvalue weighted by Gasteiger charge is 2.27. The lowest BCUT2D eigenvalue weighted by Gasteiger charge is -2.31. The maximum Gasteiger partial charge on any atom is 0.260 e. The molecule has 1 fully saturated rings. The van der Waals surface area contributed by atoms with E-state index in [-0.39, 0.29) is 24.3 Å². The molecule has 7 heteroatoms. The second-order valence-corrected chi connectivity index (χ2v) is 5.79. The van der Waals surface area contributed by atoms with Crippen LogP contribution < -0.4 is 10.5 Å². The predicted molar refractivity (Wildman–Crippen MR) is 80.5 cm³/mol. The van der Waals surface area contributed by atoms with E-state index < -0.39 is 0 Å². The number of nitrogens with zero attached hydrogens (tertiary/aromatic N) is 1. The summed E-state index contributed by atoms with van der Waals surface area (Å²) >= 11 is 11.8. The van der Waals surface area contributed by atoms with E-state index in [0.717, 1.165) is 12.8 Å². The minimum absolute atomic E-state index is 0.132. The van der Waals surface area contributed by atoms with Crippen molar-refractivity contribution in [2.45, 2.75) is 12.8 Å². The predicted octanol–water partition coefficient (Wildman–Crippen LogP) is 2.10. The van der Waals surface area contributed by atoms with Gasteiger partial charge in [-0.15, -0.1) is 0 Å². The number of benzene rings is 1. The summed E-state index contributed by atoms with van der Waals surface area (Å²) < 4.78 is 5.40. The molecule has 1 aromatic carbocycles. The van der Waals surface area contributed by atoms with Gasteiger partial charge in [-0.1, -0.05) is 23.2 Å². The molecule has 2 rings (SSSR count). The Morgan fingerprint density at radius 1 is 1.38 bits per heavy atom. The Morgan fingerprint density at radius 2 is 2.14 bits per heavy atom. The molecule has 1 unspecified atom stereocenters. The average Bonchev–Trinajstić information content (AvgIpc) is 2.46. The van der Waals surface area contributed by atoms with Gasteiger partial charge in [0.05, 0.1) is 10.9 Å². The number of carbonyl (C=O) groups excluding carboxylic acids is 2. The molecule has 0 aliphatic carbocycles. The van der Waals surface area contributed by atoms with Crippen molar-refractivity contribution >= 4 is 35.0 Å². The monoisotopic (exact) mass is 330 g/mol. The normalized spacial score (nSPS) is 18.4. The fourth-order valence-corrected chi connectivity index (χ4v) is 2.72. The van der Waals surface area contributed by atoms with Crippen molar-refractivity contribution in [1.29, 1.82) is 0 Å². The van der Waals surface area contributed by atoms with Crippen molar-refractivity contribution in [2.24, 2.45) is 11.7 Å². The average molecular weight is 331 g/mol. The Kier molecular flexibility index (Phi) is 5.31. The van der Waals surface area contributed by atoms with Gasteiger partial charge in [-0.2, -0.15) is 0 Å². The molecule has 0 aromatic heterocycles.